The molecule has 0 saturated heterocycles. The van der Waals surface area contributed by atoms with E-state index < -0.39 is 25.3 Å². The van der Waals surface area contributed by atoms with Crippen molar-refractivity contribution in [3.63, 3.8) is 0 Å². The molecule has 1 fully saturated rings. The lowest BCUT2D eigenvalue weighted by molar-refractivity contribution is 0.192. The molecule has 2 aromatic carbocycles. The Bertz CT molecular complexity index is 1280. The second kappa shape index (κ2) is 10.7. The lowest BCUT2D eigenvalue weighted by Gasteiger charge is -2.23. The monoisotopic (exact) mass is 542 g/mol. The number of halogens is 4. The van der Waals surface area contributed by atoms with Crippen LogP contribution in [-0.2, 0) is 9.09 Å². The zero-order chi connectivity index (χ0) is 25.3. The Morgan fingerprint density at radius 2 is 1.89 bits per heavy atom. The van der Waals surface area contributed by atoms with Gasteiger partial charge < -0.3 is 9.42 Å². The van der Waals surface area contributed by atoms with Crippen LogP contribution in [0.2, 0.25) is 10.0 Å². The Balaban J connectivity index is 2.08. The first kappa shape index (κ1) is 26.3. The minimum absolute atomic E-state index is 0.0749. The molecular formula is C25H27Cl2F2N2O3P. The van der Waals surface area contributed by atoms with Gasteiger partial charge in [0.2, 0.25) is 0 Å². The van der Waals surface area contributed by atoms with Gasteiger partial charge in [-0.15, -0.1) is 0 Å². The number of benzene rings is 2. The number of rotatable bonds is 7. The summed E-state index contributed by atoms with van der Waals surface area (Å²) in [4.78, 5) is 15.7. The maximum Gasteiger partial charge on any atom is 0.379 e. The van der Waals surface area contributed by atoms with Gasteiger partial charge in [0.1, 0.15) is 11.6 Å². The predicted octanol–water partition coefficient (Wildman–Crippen LogP) is 7.80. The molecule has 10 heteroatoms. The summed E-state index contributed by atoms with van der Waals surface area (Å²) in [5.41, 5.74) is 0.293. The summed E-state index contributed by atoms with van der Waals surface area (Å²) in [5, 5.41) is -0.277. The highest BCUT2D eigenvalue weighted by Crippen LogP contribution is 2.48. The fourth-order valence-corrected chi connectivity index (χ4v) is 6.25. The van der Waals surface area contributed by atoms with Crippen molar-refractivity contribution in [1.29, 1.82) is 0 Å². The predicted molar refractivity (Wildman–Crippen MR) is 135 cm³/mol. The highest BCUT2D eigenvalue weighted by Gasteiger charge is 2.38. The molecule has 1 N–H and O–H groups in total. The normalized spacial score (nSPS) is 17.3. The van der Waals surface area contributed by atoms with Crippen LogP contribution in [0.1, 0.15) is 64.1 Å². The lowest BCUT2D eigenvalue weighted by atomic mass is 9.88. The van der Waals surface area contributed by atoms with E-state index in [1.54, 1.807) is 13.0 Å². The number of imidazole rings is 1. The summed E-state index contributed by atoms with van der Waals surface area (Å²) >= 11 is 12.2. The molecule has 35 heavy (non-hydrogen) atoms. The number of hydrogen-bond donors (Lipinski definition) is 1. The van der Waals surface area contributed by atoms with Crippen LogP contribution in [0.3, 0.4) is 0 Å². The van der Waals surface area contributed by atoms with Crippen molar-refractivity contribution in [2.24, 2.45) is 0 Å². The van der Waals surface area contributed by atoms with Crippen LogP contribution < -0.4 is 5.44 Å². The fourth-order valence-electron chi connectivity index (χ4n) is 4.44. The second-order valence-electron chi connectivity index (χ2n) is 8.86. The largest absolute Gasteiger partial charge is 0.379 e. The molecule has 0 radical (unpaired) electrons. The van der Waals surface area contributed by atoms with E-state index in [0.717, 1.165) is 38.2 Å². The van der Waals surface area contributed by atoms with Gasteiger partial charge in [-0.2, -0.15) is 0 Å². The topological polar surface area (TPSA) is 64.3 Å². The van der Waals surface area contributed by atoms with E-state index in [4.69, 9.17) is 27.7 Å². The van der Waals surface area contributed by atoms with Gasteiger partial charge in [-0.1, -0.05) is 55.5 Å². The Morgan fingerprint density at radius 3 is 2.54 bits per heavy atom. The van der Waals surface area contributed by atoms with E-state index >= 15 is 4.39 Å². The van der Waals surface area contributed by atoms with Crippen molar-refractivity contribution in [2.45, 2.75) is 64.4 Å². The van der Waals surface area contributed by atoms with Crippen LogP contribution in [0.15, 0.2) is 36.4 Å². The van der Waals surface area contributed by atoms with E-state index in [1.165, 1.54) is 28.8 Å². The zero-order valence-electron chi connectivity index (χ0n) is 19.5. The molecule has 2 atom stereocenters. The Kier molecular flexibility index (Phi) is 8.04. The maximum atomic E-state index is 15.4. The number of aromatic nitrogens is 2. The Labute approximate surface area is 213 Å². The summed E-state index contributed by atoms with van der Waals surface area (Å²) in [7, 11) is -4.48. The molecule has 4 rings (SSSR count). The average Bonchev–Trinajstić information content (AvgIpc) is 3.24. The summed E-state index contributed by atoms with van der Waals surface area (Å²) in [5.74, 6) is -0.972. The summed E-state index contributed by atoms with van der Waals surface area (Å²) in [6.45, 7) is 3.52. The quantitative estimate of drug-likeness (QED) is 0.309. The molecule has 1 aliphatic carbocycles. The molecule has 188 valence electrons. The van der Waals surface area contributed by atoms with Crippen molar-refractivity contribution < 1.29 is 22.8 Å². The number of hydrogen-bond acceptors (Lipinski definition) is 3. The molecule has 1 heterocycles. The minimum atomic E-state index is -4.48. The van der Waals surface area contributed by atoms with Crippen molar-refractivity contribution in [2.75, 3.05) is 0 Å². The van der Waals surface area contributed by atoms with Gasteiger partial charge >= 0.3 is 7.60 Å². The van der Waals surface area contributed by atoms with Gasteiger partial charge in [-0.25, -0.2) is 13.8 Å². The van der Waals surface area contributed by atoms with E-state index in [2.05, 4.69) is 4.98 Å². The third kappa shape index (κ3) is 5.35. The minimum Gasteiger partial charge on any atom is -0.320 e. The van der Waals surface area contributed by atoms with Gasteiger partial charge in [0.05, 0.1) is 27.5 Å². The standard InChI is InChI=1S/C25H27Cl2F2N2O3P/c1-3-15(2)34-35(32,33)25-23(17-12-13-20(28)19(27)14-17)31(21-11-7-10-18(26)22(21)29)24(30-25)16-8-5-4-6-9-16/h7,10-16H,3-6,8-9H2,1-2H3,(H,32,33). The van der Waals surface area contributed by atoms with Gasteiger partial charge in [0.15, 0.2) is 11.3 Å². The summed E-state index contributed by atoms with van der Waals surface area (Å²) < 4.78 is 50.1. The molecule has 0 bridgehead atoms. The van der Waals surface area contributed by atoms with Gasteiger partial charge in [-0.05, 0) is 56.5 Å². The van der Waals surface area contributed by atoms with E-state index in [1.807, 2.05) is 6.92 Å². The van der Waals surface area contributed by atoms with Gasteiger partial charge in [0.25, 0.3) is 0 Å². The van der Waals surface area contributed by atoms with E-state index in [9.17, 15) is 13.8 Å². The average molecular weight is 543 g/mol. The van der Waals surface area contributed by atoms with Crippen molar-refractivity contribution in [3.05, 3.63) is 63.9 Å². The third-order valence-corrected chi connectivity index (χ3v) is 8.46. The second-order valence-corrected chi connectivity index (χ2v) is 11.3. The maximum absolute atomic E-state index is 15.4. The molecule has 1 aliphatic rings. The molecule has 1 saturated carbocycles. The summed E-state index contributed by atoms with van der Waals surface area (Å²) in [6.07, 6.45) is 4.56. The van der Waals surface area contributed by atoms with Crippen molar-refractivity contribution in [3.8, 4) is 16.9 Å². The molecule has 0 amide bonds. The first-order valence-corrected chi connectivity index (χ1v) is 14.0. The first-order chi connectivity index (χ1) is 16.6. The van der Waals surface area contributed by atoms with Crippen LogP contribution >= 0.6 is 30.8 Å². The third-order valence-electron chi connectivity index (χ3n) is 6.39. The van der Waals surface area contributed by atoms with Crippen molar-refractivity contribution >= 4 is 36.2 Å². The van der Waals surface area contributed by atoms with Gasteiger partial charge in [0, 0.05) is 11.5 Å². The highest BCUT2D eigenvalue weighted by molar-refractivity contribution is 7.61. The number of nitrogens with zero attached hydrogens (tertiary/aromatic N) is 2. The van der Waals surface area contributed by atoms with Gasteiger partial charge in [-0.3, -0.25) is 9.13 Å². The van der Waals surface area contributed by atoms with Crippen LogP contribution in [0.25, 0.3) is 16.9 Å². The summed E-state index contributed by atoms with van der Waals surface area (Å²) in [6, 6.07) is 8.48. The molecule has 5 nitrogen and oxygen atoms in total. The first-order valence-electron chi connectivity index (χ1n) is 11.7. The molecule has 0 spiro atoms. The van der Waals surface area contributed by atoms with Crippen LogP contribution in [-0.4, -0.2) is 20.5 Å². The molecule has 3 aromatic rings. The van der Waals surface area contributed by atoms with E-state index in [0.29, 0.717) is 17.8 Å². The molecule has 2 unspecified atom stereocenters. The van der Waals surface area contributed by atoms with Crippen LogP contribution in [0, 0.1) is 11.6 Å². The highest BCUT2D eigenvalue weighted by atomic mass is 35.5. The Hall–Kier alpha value is -1.76. The zero-order valence-corrected chi connectivity index (χ0v) is 21.9. The molecule has 0 aliphatic heterocycles. The molecule has 1 aromatic heterocycles. The Morgan fingerprint density at radius 1 is 1.17 bits per heavy atom. The van der Waals surface area contributed by atoms with E-state index in [-0.39, 0.29) is 32.8 Å². The van der Waals surface area contributed by atoms with Crippen LogP contribution in [0.4, 0.5) is 8.78 Å². The lowest BCUT2D eigenvalue weighted by Crippen LogP contribution is -2.16. The molecular weight excluding hydrogens is 516 g/mol. The smallest absolute Gasteiger partial charge is 0.320 e. The fraction of sp³-hybridized carbons (Fsp3) is 0.400. The SMILES string of the molecule is CCC(C)OP(=O)(O)c1nc(C2CCCCC2)n(-c2cccc(Cl)c2F)c1-c1ccc(F)c(Cl)c1. The van der Waals surface area contributed by atoms with Crippen molar-refractivity contribution in [1.82, 2.24) is 9.55 Å². The van der Waals surface area contributed by atoms with Crippen LogP contribution in [0.5, 0.6) is 0 Å².